The van der Waals surface area contributed by atoms with Gasteiger partial charge >= 0.3 is 0 Å². The second-order valence-corrected chi connectivity index (χ2v) is 5.26. The van der Waals surface area contributed by atoms with Gasteiger partial charge in [-0.2, -0.15) is 5.10 Å². The quantitative estimate of drug-likeness (QED) is 0.900. The molecule has 5 nitrogen and oxygen atoms in total. The lowest BCUT2D eigenvalue weighted by molar-refractivity contribution is -0.119. The van der Waals surface area contributed by atoms with E-state index in [1.807, 2.05) is 0 Å². The zero-order chi connectivity index (χ0) is 14.2. The molecule has 0 atom stereocenters. The van der Waals surface area contributed by atoms with Gasteiger partial charge in [-0.05, 0) is 18.9 Å². The van der Waals surface area contributed by atoms with Gasteiger partial charge in [0.05, 0.1) is 16.7 Å². The molecular weight excluding hydrogens is 259 g/mol. The topological polar surface area (TPSA) is 70.7 Å². The first-order valence-electron chi connectivity index (χ1n) is 6.54. The van der Waals surface area contributed by atoms with Crippen LogP contribution in [0.4, 0.5) is 10.2 Å². The summed E-state index contributed by atoms with van der Waals surface area (Å²) in [5.41, 5.74) is 0.123. The number of allylic oxidation sites excluding steroid dienone is 1. The number of hydrogen-bond donors (Lipinski definition) is 2. The van der Waals surface area contributed by atoms with Crippen LogP contribution in [0, 0.1) is 5.41 Å². The van der Waals surface area contributed by atoms with Gasteiger partial charge in [0.1, 0.15) is 0 Å². The van der Waals surface area contributed by atoms with Gasteiger partial charge in [0.2, 0.25) is 5.91 Å². The summed E-state index contributed by atoms with van der Waals surface area (Å²) in [6.07, 6.45) is 5.67. The summed E-state index contributed by atoms with van der Waals surface area (Å²) in [5, 5.41) is 10.3. The number of anilines is 1. The van der Waals surface area contributed by atoms with Crippen LogP contribution in [0.3, 0.4) is 0 Å². The molecule has 0 radical (unpaired) electrons. The van der Waals surface area contributed by atoms with E-state index >= 15 is 0 Å². The van der Waals surface area contributed by atoms with E-state index in [2.05, 4.69) is 27.1 Å². The predicted octanol–water partition coefficient (Wildman–Crippen LogP) is 2.94. The van der Waals surface area contributed by atoms with Crippen molar-refractivity contribution < 1.29 is 9.18 Å². The van der Waals surface area contributed by atoms with Crippen LogP contribution < -0.4 is 5.32 Å². The highest BCUT2D eigenvalue weighted by molar-refractivity contribution is 5.99. The summed E-state index contributed by atoms with van der Waals surface area (Å²) in [6.45, 7) is 3.37. The van der Waals surface area contributed by atoms with E-state index in [4.69, 9.17) is 0 Å². The van der Waals surface area contributed by atoms with Gasteiger partial charge in [-0.3, -0.25) is 14.9 Å². The molecule has 1 saturated carbocycles. The minimum atomic E-state index is -0.672. The molecule has 3 rings (SSSR count). The van der Waals surface area contributed by atoms with E-state index in [0.29, 0.717) is 18.7 Å². The van der Waals surface area contributed by atoms with Crippen LogP contribution in [0.5, 0.6) is 0 Å². The van der Waals surface area contributed by atoms with Crippen LogP contribution in [0.15, 0.2) is 30.9 Å². The van der Waals surface area contributed by atoms with Gasteiger partial charge in [0.25, 0.3) is 0 Å². The number of H-pyrrole nitrogens is 1. The van der Waals surface area contributed by atoms with Crippen LogP contribution in [0.1, 0.15) is 25.7 Å². The standard InChI is InChI=1S/C14H15FN4O/c1-9(15)14(4-2-5-14)7-12(20)17-13-10-8-16-6-3-11(10)18-19-13/h3,6,8H,1-2,4-5,7H2,(H2,17,18,19,20). The lowest BCUT2D eigenvalue weighted by atomic mass is 9.66. The number of fused-ring (bicyclic) bond motifs is 1. The smallest absolute Gasteiger partial charge is 0.226 e. The molecule has 1 aliphatic carbocycles. The number of aromatic amines is 1. The maximum absolute atomic E-state index is 13.5. The monoisotopic (exact) mass is 274 g/mol. The Kier molecular flexibility index (Phi) is 3.00. The van der Waals surface area contributed by atoms with Crippen molar-refractivity contribution in [2.24, 2.45) is 5.41 Å². The highest BCUT2D eigenvalue weighted by atomic mass is 19.1. The zero-order valence-electron chi connectivity index (χ0n) is 10.9. The van der Waals surface area contributed by atoms with Gasteiger partial charge in [-0.15, -0.1) is 0 Å². The van der Waals surface area contributed by atoms with Crippen molar-refractivity contribution in [3.05, 3.63) is 30.9 Å². The maximum atomic E-state index is 13.5. The van der Waals surface area contributed by atoms with E-state index in [-0.39, 0.29) is 12.3 Å². The summed E-state index contributed by atoms with van der Waals surface area (Å²) in [5.74, 6) is -0.217. The second-order valence-electron chi connectivity index (χ2n) is 5.26. The van der Waals surface area contributed by atoms with Crippen LogP contribution in [0.25, 0.3) is 10.9 Å². The highest BCUT2D eigenvalue weighted by Gasteiger charge is 2.42. The van der Waals surface area contributed by atoms with Gasteiger partial charge in [-0.1, -0.05) is 13.0 Å². The molecule has 1 amide bonds. The summed E-state index contributed by atoms with van der Waals surface area (Å²) in [6, 6.07) is 1.77. The van der Waals surface area contributed by atoms with Crippen molar-refractivity contribution in [3.63, 3.8) is 0 Å². The number of carbonyl (C=O) groups is 1. The Morgan fingerprint density at radius 1 is 1.55 bits per heavy atom. The lowest BCUT2D eigenvalue weighted by Crippen LogP contribution is -2.34. The fourth-order valence-corrected chi connectivity index (χ4v) is 2.58. The average Bonchev–Trinajstić information content (AvgIpc) is 2.77. The fraction of sp³-hybridized carbons (Fsp3) is 0.357. The van der Waals surface area contributed by atoms with Gasteiger partial charge in [0, 0.05) is 24.2 Å². The van der Waals surface area contributed by atoms with Crippen molar-refractivity contribution in [1.29, 1.82) is 0 Å². The SMILES string of the molecule is C=C(F)C1(CC(=O)Nc2n[nH]c3ccncc23)CCC1. The molecular formula is C14H15FN4O. The molecule has 104 valence electrons. The largest absolute Gasteiger partial charge is 0.309 e. The summed E-state index contributed by atoms with van der Waals surface area (Å²) >= 11 is 0. The van der Waals surface area contributed by atoms with Crippen LogP contribution in [-0.2, 0) is 4.79 Å². The summed E-state index contributed by atoms with van der Waals surface area (Å²) in [4.78, 5) is 16.1. The number of nitrogens with one attached hydrogen (secondary N) is 2. The van der Waals surface area contributed by atoms with Gasteiger partial charge in [0.15, 0.2) is 5.82 Å². The normalized spacial score (nSPS) is 16.6. The van der Waals surface area contributed by atoms with Crippen molar-refractivity contribution in [2.75, 3.05) is 5.32 Å². The third-order valence-corrected chi connectivity index (χ3v) is 4.01. The molecule has 1 fully saturated rings. The number of amides is 1. The molecule has 0 aromatic carbocycles. The Hall–Kier alpha value is -2.24. The van der Waals surface area contributed by atoms with Gasteiger partial charge < -0.3 is 5.32 Å². The number of carbonyl (C=O) groups excluding carboxylic acids is 1. The Bertz CT molecular complexity index is 675. The number of pyridine rings is 1. The number of halogens is 1. The molecule has 2 aromatic heterocycles. The molecule has 0 aliphatic heterocycles. The van der Waals surface area contributed by atoms with E-state index in [9.17, 15) is 9.18 Å². The Morgan fingerprint density at radius 2 is 2.35 bits per heavy atom. The maximum Gasteiger partial charge on any atom is 0.226 e. The molecule has 2 N–H and O–H groups in total. The third kappa shape index (κ3) is 2.07. The molecule has 0 unspecified atom stereocenters. The van der Waals surface area contributed by atoms with Crippen molar-refractivity contribution >= 4 is 22.6 Å². The number of nitrogens with zero attached hydrogens (tertiary/aromatic N) is 2. The van der Waals surface area contributed by atoms with Gasteiger partial charge in [-0.25, -0.2) is 4.39 Å². The molecule has 6 heteroatoms. The van der Waals surface area contributed by atoms with Crippen LogP contribution >= 0.6 is 0 Å². The Balaban J connectivity index is 1.75. The summed E-state index contributed by atoms with van der Waals surface area (Å²) < 4.78 is 13.5. The Labute approximate surface area is 115 Å². The lowest BCUT2D eigenvalue weighted by Gasteiger charge is -2.39. The molecule has 0 saturated heterocycles. The van der Waals surface area contributed by atoms with Crippen LogP contribution in [0.2, 0.25) is 0 Å². The van der Waals surface area contributed by atoms with Crippen molar-refractivity contribution in [1.82, 2.24) is 15.2 Å². The minimum absolute atomic E-state index is 0.108. The van der Waals surface area contributed by atoms with Crippen molar-refractivity contribution in [3.8, 4) is 0 Å². The second kappa shape index (κ2) is 4.70. The number of hydrogen-bond acceptors (Lipinski definition) is 3. The summed E-state index contributed by atoms with van der Waals surface area (Å²) in [7, 11) is 0. The third-order valence-electron chi connectivity index (χ3n) is 4.01. The number of rotatable bonds is 4. The van der Waals surface area contributed by atoms with Crippen molar-refractivity contribution in [2.45, 2.75) is 25.7 Å². The van der Waals surface area contributed by atoms with Crippen LogP contribution in [-0.4, -0.2) is 21.1 Å². The zero-order valence-corrected chi connectivity index (χ0v) is 10.9. The number of aromatic nitrogens is 3. The molecule has 0 bridgehead atoms. The highest BCUT2D eigenvalue weighted by Crippen LogP contribution is 2.49. The first-order valence-corrected chi connectivity index (χ1v) is 6.54. The first kappa shape index (κ1) is 12.8. The molecule has 2 aromatic rings. The molecule has 1 aliphatic rings. The Morgan fingerprint density at radius 3 is 3.00 bits per heavy atom. The van der Waals surface area contributed by atoms with E-state index in [1.165, 1.54) is 0 Å². The first-order chi connectivity index (χ1) is 9.61. The average molecular weight is 274 g/mol. The molecule has 20 heavy (non-hydrogen) atoms. The van der Waals surface area contributed by atoms with E-state index < -0.39 is 11.2 Å². The fourth-order valence-electron chi connectivity index (χ4n) is 2.58. The van der Waals surface area contributed by atoms with E-state index in [0.717, 1.165) is 17.3 Å². The molecule has 0 spiro atoms. The predicted molar refractivity (Wildman–Crippen MR) is 73.7 cm³/mol. The minimum Gasteiger partial charge on any atom is -0.309 e. The van der Waals surface area contributed by atoms with E-state index in [1.54, 1.807) is 18.5 Å². The molecule has 2 heterocycles.